The molecule has 3 aliphatic heterocycles. The molecule has 3 saturated carbocycles. The summed E-state index contributed by atoms with van der Waals surface area (Å²) in [6.45, 7) is 10.1. The maximum absolute atomic E-state index is 13.3. The summed E-state index contributed by atoms with van der Waals surface area (Å²) in [4.78, 5) is 26.0. The Kier molecular flexibility index (Phi) is 4.18. The van der Waals surface area contributed by atoms with Crippen LogP contribution in [-0.2, 0) is 23.8 Å². The second-order valence-electron chi connectivity index (χ2n) is 13.6. The van der Waals surface area contributed by atoms with E-state index in [1.807, 2.05) is 20.8 Å². The van der Waals surface area contributed by atoms with Crippen LogP contribution in [0.5, 0.6) is 0 Å². The van der Waals surface area contributed by atoms with E-state index in [1.165, 1.54) is 0 Å². The Hall–Kier alpha value is -1.28. The van der Waals surface area contributed by atoms with Crippen LogP contribution < -0.4 is 0 Å². The summed E-state index contributed by atoms with van der Waals surface area (Å²) in [5, 5.41) is 23.5. The molecule has 0 radical (unpaired) electrons. The third kappa shape index (κ3) is 2.39. The van der Waals surface area contributed by atoms with Gasteiger partial charge in [-0.3, -0.25) is 4.79 Å². The molecule has 7 aliphatic rings. The number of cyclic esters (lactones) is 1. The minimum atomic E-state index is -1.20. The largest absolute Gasteiger partial charge is 0.460 e. The maximum Gasteiger partial charge on any atom is 0.341 e. The number of ether oxygens (including phenoxy) is 3. The molecule has 3 saturated heterocycles. The quantitative estimate of drug-likeness (QED) is 0.456. The van der Waals surface area contributed by atoms with Gasteiger partial charge in [-0.15, -0.1) is 0 Å². The highest BCUT2D eigenvalue weighted by Gasteiger charge is 2.79. The number of ketones is 1. The lowest BCUT2D eigenvalue weighted by Crippen LogP contribution is -2.69. The van der Waals surface area contributed by atoms with Crippen LogP contribution in [0.3, 0.4) is 0 Å². The topological polar surface area (TPSA) is 109 Å². The lowest BCUT2D eigenvalue weighted by atomic mass is 9.43. The number of aliphatic hydroxyl groups is 2. The second kappa shape index (κ2) is 6.40. The summed E-state index contributed by atoms with van der Waals surface area (Å²) in [6.07, 6.45) is 5.65. The molecule has 7 nitrogen and oxygen atoms in total. The number of carbonyl (C=O) groups excluding carboxylic acids is 2. The van der Waals surface area contributed by atoms with Gasteiger partial charge >= 0.3 is 5.97 Å². The Balaban J connectivity index is 1.21. The number of epoxide rings is 2. The lowest BCUT2D eigenvalue weighted by molar-refractivity contribution is -0.202. The first-order chi connectivity index (χ1) is 16.3. The van der Waals surface area contributed by atoms with Gasteiger partial charge in [0.25, 0.3) is 0 Å². The summed E-state index contributed by atoms with van der Waals surface area (Å²) in [5.74, 6) is 0.151. The van der Waals surface area contributed by atoms with Gasteiger partial charge in [0, 0.05) is 6.42 Å². The standard InChI is InChI=1S/C28H38O7/c1-13(17-12-24(2)27(5,35-24)23(31)33-17)14-8-9-15-20-16(11-19(30)25(14,15)3)26(4)18(29)7-6-10-28(26,32)22-21(20)34-22/h6-7,13-17,19-22,30,32H,8-12H2,1-5H3/t13-,14?,15-,16-,17+,19-,20-,21-,22-,24-,25+,26-,27+,28-/m0/s1. The van der Waals surface area contributed by atoms with Crippen molar-refractivity contribution < 1.29 is 34.0 Å². The fraction of sp³-hybridized carbons (Fsp3) is 0.857. The van der Waals surface area contributed by atoms with Gasteiger partial charge in [-0.2, -0.15) is 0 Å². The van der Waals surface area contributed by atoms with Gasteiger partial charge in [0.05, 0.1) is 17.6 Å². The van der Waals surface area contributed by atoms with E-state index in [0.717, 1.165) is 12.8 Å². The van der Waals surface area contributed by atoms with Crippen molar-refractivity contribution in [3.05, 3.63) is 12.2 Å². The monoisotopic (exact) mass is 486 g/mol. The molecule has 2 N–H and O–H groups in total. The third-order valence-electron chi connectivity index (χ3n) is 12.6. The number of aliphatic hydroxyl groups excluding tert-OH is 1. The minimum Gasteiger partial charge on any atom is -0.460 e. The molecule has 0 spiro atoms. The molecule has 4 aliphatic carbocycles. The van der Waals surface area contributed by atoms with E-state index in [1.54, 1.807) is 12.2 Å². The van der Waals surface area contributed by atoms with E-state index in [0.29, 0.717) is 19.3 Å². The molecule has 6 fully saturated rings. The molecule has 1 unspecified atom stereocenters. The highest BCUT2D eigenvalue weighted by Crippen LogP contribution is 2.72. The molecule has 0 aromatic heterocycles. The van der Waals surface area contributed by atoms with Crippen molar-refractivity contribution in [1.82, 2.24) is 0 Å². The molecule has 14 atom stereocenters. The average molecular weight is 487 g/mol. The minimum absolute atomic E-state index is 0.0382. The summed E-state index contributed by atoms with van der Waals surface area (Å²) < 4.78 is 18.0. The molecule has 0 aromatic rings. The van der Waals surface area contributed by atoms with Gasteiger partial charge in [0.2, 0.25) is 0 Å². The van der Waals surface area contributed by atoms with Crippen molar-refractivity contribution >= 4 is 11.8 Å². The fourth-order valence-electron chi connectivity index (χ4n) is 10.0. The molecule has 7 rings (SSSR count). The molecule has 7 heteroatoms. The van der Waals surface area contributed by atoms with Gasteiger partial charge in [-0.05, 0) is 87.5 Å². The van der Waals surface area contributed by atoms with Gasteiger partial charge < -0.3 is 24.4 Å². The van der Waals surface area contributed by atoms with E-state index in [4.69, 9.17) is 14.2 Å². The number of rotatable bonds is 2. The van der Waals surface area contributed by atoms with Crippen molar-refractivity contribution in [1.29, 1.82) is 0 Å². The fourth-order valence-corrected chi connectivity index (χ4v) is 10.0. The molecule has 0 aromatic carbocycles. The van der Waals surface area contributed by atoms with Crippen LogP contribution in [0.1, 0.15) is 66.7 Å². The van der Waals surface area contributed by atoms with E-state index in [2.05, 4.69) is 13.8 Å². The predicted octanol–water partition coefficient (Wildman–Crippen LogP) is 2.56. The van der Waals surface area contributed by atoms with Crippen LogP contribution >= 0.6 is 0 Å². The molecular weight excluding hydrogens is 448 g/mol. The SMILES string of the molecule is C[C@@H](C1CC[C@H]2[C@@H]3[C@@H]4O[C@@H]4[C@@]4(O)CC=CC(=O)[C@]4(C)[C@H]3C[C@H](O)[C@]12C)[C@H]1C[C@]2(C)O[C@]2(C)C(=O)O1. The zero-order valence-corrected chi connectivity index (χ0v) is 21.3. The molecule has 35 heavy (non-hydrogen) atoms. The Morgan fingerprint density at radius 1 is 1.11 bits per heavy atom. The number of carbonyl (C=O) groups is 2. The van der Waals surface area contributed by atoms with Crippen molar-refractivity contribution in [2.45, 2.75) is 108 Å². The summed E-state index contributed by atoms with van der Waals surface area (Å²) in [6, 6.07) is 0. The smallest absolute Gasteiger partial charge is 0.341 e. The molecule has 0 bridgehead atoms. The number of fused-ring (bicyclic) bond motifs is 9. The number of hydrogen-bond donors (Lipinski definition) is 2. The zero-order chi connectivity index (χ0) is 24.9. The van der Waals surface area contributed by atoms with Crippen LogP contribution in [0.15, 0.2) is 12.2 Å². The van der Waals surface area contributed by atoms with Crippen LogP contribution in [0, 0.1) is 40.4 Å². The van der Waals surface area contributed by atoms with E-state index >= 15 is 0 Å². The first-order valence-electron chi connectivity index (χ1n) is 13.5. The van der Waals surface area contributed by atoms with E-state index < -0.39 is 28.3 Å². The lowest BCUT2D eigenvalue weighted by Gasteiger charge is -2.61. The first kappa shape index (κ1) is 22.9. The average Bonchev–Trinajstić information content (AvgIpc) is 3.66. The normalized spacial score (nSPS) is 62.6. The highest BCUT2D eigenvalue weighted by molar-refractivity contribution is 5.97. The summed E-state index contributed by atoms with van der Waals surface area (Å²) in [5.41, 5.74) is -3.81. The van der Waals surface area contributed by atoms with Crippen LogP contribution in [0.2, 0.25) is 0 Å². The van der Waals surface area contributed by atoms with Crippen LogP contribution in [0.25, 0.3) is 0 Å². The molecular formula is C28H38O7. The van der Waals surface area contributed by atoms with E-state index in [9.17, 15) is 19.8 Å². The van der Waals surface area contributed by atoms with E-state index in [-0.39, 0.29) is 65.1 Å². The van der Waals surface area contributed by atoms with Gasteiger partial charge in [-0.1, -0.05) is 19.9 Å². The molecule has 192 valence electrons. The Bertz CT molecular complexity index is 1060. The first-order valence-corrected chi connectivity index (χ1v) is 13.5. The van der Waals surface area contributed by atoms with Crippen molar-refractivity contribution in [3.63, 3.8) is 0 Å². The second-order valence-corrected chi connectivity index (χ2v) is 13.6. The zero-order valence-electron chi connectivity index (χ0n) is 21.3. The Labute approximate surface area is 206 Å². The van der Waals surface area contributed by atoms with Gasteiger partial charge in [0.1, 0.15) is 23.4 Å². The predicted molar refractivity (Wildman–Crippen MR) is 124 cm³/mol. The Morgan fingerprint density at radius 2 is 1.86 bits per heavy atom. The van der Waals surface area contributed by atoms with Gasteiger partial charge in [-0.25, -0.2) is 4.79 Å². The molecule has 3 heterocycles. The number of allylic oxidation sites excluding steroid dienone is 1. The van der Waals surface area contributed by atoms with Gasteiger partial charge in [0.15, 0.2) is 11.4 Å². The summed E-state index contributed by atoms with van der Waals surface area (Å²) >= 11 is 0. The maximum atomic E-state index is 13.3. The van der Waals surface area contributed by atoms with Crippen LogP contribution in [0.4, 0.5) is 0 Å². The van der Waals surface area contributed by atoms with Crippen molar-refractivity contribution in [2.24, 2.45) is 40.4 Å². The van der Waals surface area contributed by atoms with Crippen molar-refractivity contribution in [2.75, 3.05) is 0 Å². The van der Waals surface area contributed by atoms with Crippen molar-refractivity contribution in [3.8, 4) is 0 Å². The Morgan fingerprint density at radius 3 is 2.57 bits per heavy atom. The highest BCUT2D eigenvalue weighted by atomic mass is 16.7. The molecule has 0 amide bonds. The number of hydrogen-bond acceptors (Lipinski definition) is 7. The summed E-state index contributed by atoms with van der Waals surface area (Å²) in [7, 11) is 0. The number of esters is 1. The van der Waals surface area contributed by atoms with Crippen LogP contribution in [-0.4, -0.2) is 63.2 Å². The third-order valence-corrected chi connectivity index (χ3v) is 12.6.